The van der Waals surface area contributed by atoms with Crippen LogP contribution in [0.3, 0.4) is 0 Å². The molecule has 0 saturated carbocycles. The van der Waals surface area contributed by atoms with E-state index in [0.29, 0.717) is 17.4 Å². The fraction of sp³-hybridized carbons (Fsp3) is 0.625. The summed E-state index contributed by atoms with van der Waals surface area (Å²) < 4.78 is 6.58. The molecule has 1 unspecified atom stereocenters. The predicted octanol–water partition coefficient (Wildman–Crippen LogP) is 0.523. The summed E-state index contributed by atoms with van der Waals surface area (Å²) in [4.78, 5) is 4.10. The van der Waals surface area contributed by atoms with Gasteiger partial charge >= 0.3 is 0 Å². The first-order valence-electron chi connectivity index (χ1n) is 4.18. The van der Waals surface area contributed by atoms with Crippen LogP contribution in [0, 0.1) is 5.92 Å². The van der Waals surface area contributed by atoms with Crippen molar-refractivity contribution in [1.29, 1.82) is 0 Å². The monoisotopic (exact) mass is 184 g/mol. The molecule has 1 aromatic rings. The third kappa shape index (κ3) is 1.75. The first kappa shape index (κ1) is 9.85. The number of hydrogen-bond donors (Lipinski definition) is 2. The van der Waals surface area contributed by atoms with E-state index in [1.54, 1.807) is 7.11 Å². The topological polar surface area (TPSA) is 79.1 Å². The van der Waals surface area contributed by atoms with Crippen LogP contribution < -0.4 is 11.6 Å². The lowest BCUT2D eigenvalue weighted by Gasteiger charge is -2.17. The van der Waals surface area contributed by atoms with E-state index >= 15 is 0 Å². The highest BCUT2D eigenvalue weighted by atomic mass is 16.5. The van der Waals surface area contributed by atoms with Gasteiger partial charge in [0.05, 0.1) is 0 Å². The number of nitrogen functional groups attached to an aromatic ring is 2. The Kier molecular flexibility index (Phi) is 2.77. The average Bonchev–Trinajstić information content (AvgIpc) is 2.37. The summed E-state index contributed by atoms with van der Waals surface area (Å²) in [6.07, 6.45) is 1.39. The highest BCUT2D eigenvalue weighted by Gasteiger charge is 2.21. The summed E-state index contributed by atoms with van der Waals surface area (Å²) in [7, 11) is 1.64. The van der Waals surface area contributed by atoms with Gasteiger partial charge in [-0.15, -0.1) is 0 Å². The maximum absolute atomic E-state index is 5.71. The second-order valence-electron chi connectivity index (χ2n) is 3.32. The van der Waals surface area contributed by atoms with E-state index in [0.717, 1.165) is 0 Å². The van der Waals surface area contributed by atoms with Crippen LogP contribution in [0.4, 0.5) is 5.82 Å². The van der Waals surface area contributed by atoms with Crippen molar-refractivity contribution >= 4 is 5.82 Å². The average molecular weight is 184 g/mol. The number of rotatable bonds is 3. The fourth-order valence-electron chi connectivity index (χ4n) is 1.30. The molecule has 0 bridgehead atoms. The molecule has 5 nitrogen and oxygen atoms in total. The zero-order valence-corrected chi connectivity index (χ0v) is 8.19. The summed E-state index contributed by atoms with van der Waals surface area (Å²) in [6, 6.07) is 0. The Bertz CT molecular complexity index is 282. The number of aromatic nitrogens is 2. The van der Waals surface area contributed by atoms with Gasteiger partial charge in [-0.3, -0.25) is 0 Å². The minimum Gasteiger partial charge on any atom is -0.382 e. The van der Waals surface area contributed by atoms with Crippen LogP contribution in [0.5, 0.6) is 0 Å². The number of anilines is 1. The number of nitrogens with zero attached hydrogens (tertiary/aromatic N) is 2. The van der Waals surface area contributed by atoms with Crippen molar-refractivity contribution in [3.8, 4) is 0 Å². The molecule has 74 valence electrons. The normalized spacial score (nSPS) is 13.5. The van der Waals surface area contributed by atoms with Gasteiger partial charge in [-0.05, 0) is 5.92 Å². The zero-order chi connectivity index (χ0) is 10.0. The van der Waals surface area contributed by atoms with Crippen molar-refractivity contribution in [3.05, 3.63) is 12.0 Å². The van der Waals surface area contributed by atoms with E-state index in [4.69, 9.17) is 16.3 Å². The van der Waals surface area contributed by atoms with Crippen LogP contribution in [0.25, 0.3) is 0 Å². The van der Waals surface area contributed by atoms with Crippen LogP contribution >= 0.6 is 0 Å². The minimum atomic E-state index is -0.0928. The van der Waals surface area contributed by atoms with Gasteiger partial charge < -0.3 is 16.3 Å². The fourth-order valence-corrected chi connectivity index (χ4v) is 1.30. The highest BCUT2D eigenvalue weighted by Crippen LogP contribution is 2.26. The molecule has 1 heterocycles. The molecule has 1 rings (SSSR count). The second-order valence-corrected chi connectivity index (χ2v) is 3.32. The molecule has 1 atom stereocenters. The Hall–Kier alpha value is -1.23. The van der Waals surface area contributed by atoms with Gasteiger partial charge in [-0.25, -0.2) is 9.66 Å². The molecule has 5 heteroatoms. The van der Waals surface area contributed by atoms with Gasteiger partial charge in [0, 0.05) is 7.11 Å². The summed E-state index contributed by atoms with van der Waals surface area (Å²) >= 11 is 0. The molecular weight excluding hydrogens is 168 g/mol. The van der Waals surface area contributed by atoms with Crippen molar-refractivity contribution in [1.82, 2.24) is 9.66 Å². The third-order valence-corrected chi connectivity index (χ3v) is 1.99. The Morgan fingerprint density at radius 2 is 2.15 bits per heavy atom. The minimum absolute atomic E-state index is 0.0928. The summed E-state index contributed by atoms with van der Waals surface area (Å²) in [6.45, 7) is 4.09. The van der Waals surface area contributed by atoms with E-state index in [1.165, 1.54) is 11.0 Å². The maximum atomic E-state index is 5.71. The predicted molar refractivity (Wildman–Crippen MR) is 51.4 cm³/mol. The van der Waals surface area contributed by atoms with Crippen molar-refractivity contribution in [2.75, 3.05) is 18.7 Å². The molecule has 0 spiro atoms. The van der Waals surface area contributed by atoms with Gasteiger partial charge in [0.15, 0.2) is 0 Å². The van der Waals surface area contributed by atoms with Crippen molar-refractivity contribution in [2.45, 2.75) is 20.0 Å². The number of imidazole rings is 1. The summed E-state index contributed by atoms with van der Waals surface area (Å²) in [5, 5.41) is 0. The summed E-state index contributed by atoms with van der Waals surface area (Å²) in [5.74, 6) is 6.29. The Morgan fingerprint density at radius 1 is 1.54 bits per heavy atom. The van der Waals surface area contributed by atoms with Gasteiger partial charge in [-0.2, -0.15) is 0 Å². The number of ether oxygens (including phenoxy) is 1. The number of methoxy groups -OCH3 is 1. The van der Waals surface area contributed by atoms with Crippen molar-refractivity contribution < 1.29 is 4.74 Å². The molecular formula is C8H16N4O. The molecule has 1 aromatic heterocycles. The molecule has 0 aliphatic rings. The lowest BCUT2D eigenvalue weighted by Crippen LogP contribution is -2.15. The second kappa shape index (κ2) is 3.66. The first-order valence-corrected chi connectivity index (χ1v) is 4.18. The lowest BCUT2D eigenvalue weighted by atomic mass is 10.0. The van der Waals surface area contributed by atoms with Crippen molar-refractivity contribution in [3.63, 3.8) is 0 Å². The Labute approximate surface area is 77.7 Å². The van der Waals surface area contributed by atoms with Gasteiger partial charge in [-0.1, -0.05) is 13.8 Å². The molecule has 4 N–H and O–H groups in total. The molecule has 0 aliphatic carbocycles. The zero-order valence-electron chi connectivity index (χ0n) is 8.19. The largest absolute Gasteiger partial charge is 0.382 e. The highest BCUT2D eigenvalue weighted by molar-refractivity contribution is 5.37. The van der Waals surface area contributed by atoms with E-state index in [1.807, 2.05) is 13.8 Å². The summed E-state index contributed by atoms with van der Waals surface area (Å²) in [5.41, 5.74) is 6.42. The molecule has 0 saturated heterocycles. The SMILES string of the molecule is COC(c1ncn(N)c1N)C(C)C. The number of nitrogens with two attached hydrogens (primary N) is 2. The standard InChI is InChI=1S/C8H16N4O/c1-5(2)7(13-3)6-8(9)12(10)4-11-6/h4-5,7H,9-10H2,1-3H3. The van der Waals surface area contributed by atoms with E-state index < -0.39 is 0 Å². The van der Waals surface area contributed by atoms with Crippen LogP contribution in [-0.2, 0) is 4.74 Å². The maximum Gasteiger partial charge on any atom is 0.148 e. The van der Waals surface area contributed by atoms with Crippen LogP contribution in [0.2, 0.25) is 0 Å². The molecule has 13 heavy (non-hydrogen) atoms. The van der Waals surface area contributed by atoms with Gasteiger partial charge in [0.25, 0.3) is 0 Å². The van der Waals surface area contributed by atoms with E-state index in [-0.39, 0.29) is 6.10 Å². The molecule has 0 aliphatic heterocycles. The van der Waals surface area contributed by atoms with Gasteiger partial charge in [0.2, 0.25) is 0 Å². The lowest BCUT2D eigenvalue weighted by molar-refractivity contribution is 0.0621. The van der Waals surface area contributed by atoms with Crippen LogP contribution in [0.1, 0.15) is 25.6 Å². The van der Waals surface area contributed by atoms with Crippen molar-refractivity contribution in [2.24, 2.45) is 5.92 Å². The smallest absolute Gasteiger partial charge is 0.148 e. The third-order valence-electron chi connectivity index (χ3n) is 1.99. The quantitative estimate of drug-likeness (QED) is 0.671. The van der Waals surface area contributed by atoms with E-state index in [2.05, 4.69) is 4.98 Å². The first-order chi connectivity index (χ1) is 6.07. The molecule has 0 aromatic carbocycles. The molecule has 0 radical (unpaired) electrons. The number of hydrogen-bond acceptors (Lipinski definition) is 4. The van der Waals surface area contributed by atoms with Gasteiger partial charge in [0.1, 0.15) is 23.9 Å². The van der Waals surface area contributed by atoms with Crippen LogP contribution in [0.15, 0.2) is 6.33 Å². The van der Waals surface area contributed by atoms with E-state index in [9.17, 15) is 0 Å². The molecule has 0 amide bonds. The Morgan fingerprint density at radius 3 is 2.46 bits per heavy atom. The Balaban J connectivity index is 2.98. The van der Waals surface area contributed by atoms with Crippen LogP contribution in [-0.4, -0.2) is 16.8 Å². The molecule has 0 fully saturated rings.